The zero-order chi connectivity index (χ0) is 22.3. The van der Waals surface area contributed by atoms with Gasteiger partial charge in [-0.15, -0.1) is 0 Å². The SMILES string of the molecule is C[Si](C)(C)O[Si](CCCOC(=O)Nc1ccccc1)(O[Si](C)(C)C)O[Si](C)(C)C. The minimum atomic E-state index is -2.87. The van der Waals surface area contributed by atoms with Crippen molar-refractivity contribution in [3.8, 4) is 0 Å². The Labute approximate surface area is 181 Å². The molecule has 166 valence electrons. The zero-order valence-electron chi connectivity index (χ0n) is 19.5. The summed E-state index contributed by atoms with van der Waals surface area (Å²) in [5.41, 5.74) is 0.715. The molecule has 0 aromatic heterocycles. The average Bonchev–Trinajstić information content (AvgIpc) is 2.47. The van der Waals surface area contributed by atoms with Crippen LogP contribution in [-0.2, 0) is 17.1 Å². The van der Waals surface area contributed by atoms with Crippen molar-refractivity contribution in [3.63, 3.8) is 0 Å². The average molecular weight is 474 g/mol. The Morgan fingerprint density at radius 1 is 0.793 bits per heavy atom. The van der Waals surface area contributed by atoms with E-state index in [1.54, 1.807) is 0 Å². The fourth-order valence-electron chi connectivity index (χ4n) is 2.74. The second-order valence-corrected chi connectivity index (χ2v) is 27.0. The maximum atomic E-state index is 12.0. The molecule has 0 aliphatic carbocycles. The van der Waals surface area contributed by atoms with E-state index in [1.165, 1.54) is 0 Å². The van der Waals surface area contributed by atoms with Crippen molar-refractivity contribution in [3.05, 3.63) is 30.3 Å². The van der Waals surface area contributed by atoms with Crippen LogP contribution in [0.25, 0.3) is 0 Å². The van der Waals surface area contributed by atoms with Crippen LogP contribution < -0.4 is 5.32 Å². The van der Waals surface area contributed by atoms with Crippen LogP contribution >= 0.6 is 0 Å². The van der Waals surface area contributed by atoms with Crippen LogP contribution in [0, 0.1) is 0 Å². The van der Waals surface area contributed by atoms with Crippen molar-refractivity contribution in [2.45, 2.75) is 71.4 Å². The molecule has 0 saturated carbocycles. The first kappa shape index (κ1) is 26.3. The van der Waals surface area contributed by atoms with Crippen molar-refractivity contribution < 1.29 is 21.9 Å². The van der Waals surface area contributed by atoms with Crippen LogP contribution in [0.4, 0.5) is 10.5 Å². The van der Waals surface area contributed by atoms with Gasteiger partial charge in [0.2, 0.25) is 0 Å². The highest BCUT2D eigenvalue weighted by molar-refractivity contribution is 6.90. The molecule has 0 radical (unpaired) electrons. The Kier molecular flexibility index (Phi) is 9.52. The summed E-state index contributed by atoms with van der Waals surface area (Å²) < 4.78 is 25.3. The van der Waals surface area contributed by atoms with Crippen LogP contribution in [0.2, 0.25) is 65.0 Å². The molecular formula is C19H39NO5Si4. The molecule has 1 aromatic carbocycles. The Hall–Kier alpha value is -0.762. The van der Waals surface area contributed by atoms with Gasteiger partial charge in [0.15, 0.2) is 25.0 Å². The Bertz CT molecular complexity index is 598. The molecule has 0 aliphatic heterocycles. The molecule has 0 bridgehead atoms. The molecule has 0 fully saturated rings. The fraction of sp³-hybridized carbons (Fsp3) is 0.632. The van der Waals surface area contributed by atoms with E-state index in [2.05, 4.69) is 64.2 Å². The number of ether oxygens (including phenoxy) is 1. The normalized spacial score (nSPS) is 13.3. The molecular weight excluding hydrogens is 435 g/mol. The van der Waals surface area contributed by atoms with Gasteiger partial charge in [-0.2, -0.15) is 0 Å². The van der Waals surface area contributed by atoms with Crippen LogP contribution in [0.1, 0.15) is 6.42 Å². The predicted octanol–water partition coefficient (Wildman–Crippen LogP) is 6.12. The van der Waals surface area contributed by atoms with Crippen molar-refractivity contribution in [2.24, 2.45) is 0 Å². The number of carbonyl (C=O) groups is 1. The third-order valence-electron chi connectivity index (χ3n) is 3.27. The van der Waals surface area contributed by atoms with Gasteiger partial charge in [-0.1, -0.05) is 18.2 Å². The van der Waals surface area contributed by atoms with Gasteiger partial charge in [-0.3, -0.25) is 5.32 Å². The molecule has 0 atom stereocenters. The van der Waals surface area contributed by atoms with E-state index in [1.807, 2.05) is 30.3 Å². The number of hydrogen-bond donors (Lipinski definition) is 1. The number of rotatable bonds is 11. The highest BCUT2D eigenvalue weighted by Crippen LogP contribution is 2.29. The molecule has 6 nitrogen and oxygen atoms in total. The number of benzene rings is 1. The quantitative estimate of drug-likeness (QED) is 0.310. The van der Waals surface area contributed by atoms with Crippen molar-refractivity contribution in [1.82, 2.24) is 0 Å². The van der Waals surface area contributed by atoms with Gasteiger partial charge < -0.3 is 17.1 Å². The number of carbonyl (C=O) groups excluding carboxylic acids is 1. The van der Waals surface area contributed by atoms with Gasteiger partial charge in [0.25, 0.3) is 0 Å². The third kappa shape index (κ3) is 12.5. The minimum absolute atomic E-state index is 0.298. The summed E-state index contributed by atoms with van der Waals surface area (Å²) in [4.78, 5) is 12.0. The number of amides is 1. The summed E-state index contributed by atoms with van der Waals surface area (Å²) in [6, 6.07) is 9.94. The smallest absolute Gasteiger partial charge is 0.449 e. The van der Waals surface area contributed by atoms with Gasteiger partial charge in [-0.05, 0) is 77.5 Å². The fourth-order valence-corrected chi connectivity index (χ4v) is 17.4. The zero-order valence-corrected chi connectivity index (χ0v) is 23.5. The lowest BCUT2D eigenvalue weighted by molar-refractivity contribution is 0.158. The first-order valence-electron chi connectivity index (χ1n) is 10.2. The number of nitrogens with one attached hydrogen (secondary N) is 1. The minimum Gasteiger partial charge on any atom is -0.449 e. The Balaban J connectivity index is 2.77. The Morgan fingerprint density at radius 2 is 1.24 bits per heavy atom. The van der Waals surface area contributed by atoms with E-state index >= 15 is 0 Å². The van der Waals surface area contributed by atoms with E-state index in [0.717, 1.165) is 0 Å². The van der Waals surface area contributed by atoms with Crippen molar-refractivity contribution in [1.29, 1.82) is 0 Å². The van der Waals surface area contributed by atoms with E-state index in [-0.39, 0.29) is 0 Å². The predicted molar refractivity (Wildman–Crippen MR) is 130 cm³/mol. The summed E-state index contributed by atoms with van der Waals surface area (Å²) >= 11 is 0. The molecule has 0 unspecified atom stereocenters. The van der Waals surface area contributed by atoms with E-state index in [9.17, 15) is 4.79 Å². The molecule has 29 heavy (non-hydrogen) atoms. The third-order valence-corrected chi connectivity index (χ3v) is 15.3. The summed E-state index contributed by atoms with van der Waals surface area (Å²) in [6.07, 6.45) is 0.195. The number of anilines is 1. The molecule has 1 N–H and O–H groups in total. The summed E-state index contributed by atoms with van der Waals surface area (Å²) in [5, 5.41) is 2.73. The highest BCUT2D eigenvalue weighted by Gasteiger charge is 2.49. The topological polar surface area (TPSA) is 66.0 Å². The molecule has 10 heteroatoms. The molecule has 0 spiro atoms. The maximum absolute atomic E-state index is 12.0. The highest BCUT2D eigenvalue weighted by atomic mass is 28.5. The standard InChI is InChI=1S/C19H39NO5Si4/c1-26(2,3)23-29(24-27(4,5)6,25-28(7,8)9)17-13-16-22-19(21)20-18-14-11-10-12-15-18/h10-12,14-15H,13,16-17H2,1-9H3,(H,20,21). The molecule has 1 rings (SSSR count). The second-order valence-electron chi connectivity index (χ2n) is 10.1. The lowest BCUT2D eigenvalue weighted by Crippen LogP contribution is -2.60. The Morgan fingerprint density at radius 3 is 1.66 bits per heavy atom. The maximum Gasteiger partial charge on any atom is 0.469 e. The van der Waals surface area contributed by atoms with E-state index < -0.39 is 39.8 Å². The molecule has 0 aliphatic rings. The first-order valence-corrected chi connectivity index (χ1v) is 22.3. The van der Waals surface area contributed by atoms with E-state index in [4.69, 9.17) is 17.1 Å². The first-order chi connectivity index (χ1) is 13.1. The van der Waals surface area contributed by atoms with Gasteiger partial charge in [0.05, 0.1) is 6.61 Å². The van der Waals surface area contributed by atoms with Crippen molar-refractivity contribution >= 4 is 45.5 Å². The van der Waals surface area contributed by atoms with Crippen LogP contribution in [-0.4, -0.2) is 46.5 Å². The second kappa shape index (κ2) is 10.5. The van der Waals surface area contributed by atoms with Gasteiger partial charge >= 0.3 is 14.9 Å². The van der Waals surface area contributed by atoms with Crippen LogP contribution in [0.3, 0.4) is 0 Å². The lowest BCUT2D eigenvalue weighted by Gasteiger charge is -2.42. The van der Waals surface area contributed by atoms with Crippen LogP contribution in [0.15, 0.2) is 30.3 Å². The molecule has 1 amide bonds. The van der Waals surface area contributed by atoms with Crippen molar-refractivity contribution in [2.75, 3.05) is 11.9 Å². The van der Waals surface area contributed by atoms with Gasteiger partial charge in [0.1, 0.15) is 0 Å². The largest absolute Gasteiger partial charge is 0.469 e. The van der Waals surface area contributed by atoms with E-state index in [0.29, 0.717) is 24.8 Å². The van der Waals surface area contributed by atoms with Gasteiger partial charge in [0, 0.05) is 11.7 Å². The molecule has 1 aromatic rings. The van der Waals surface area contributed by atoms with Crippen LogP contribution in [0.5, 0.6) is 0 Å². The lowest BCUT2D eigenvalue weighted by atomic mass is 10.3. The molecule has 0 heterocycles. The monoisotopic (exact) mass is 473 g/mol. The summed E-state index contributed by atoms with van der Waals surface area (Å²) in [7, 11) is -8.54. The number of hydrogen-bond acceptors (Lipinski definition) is 5. The number of para-hydroxylation sites is 1. The molecule has 0 saturated heterocycles. The summed E-state index contributed by atoms with van der Waals surface area (Å²) in [6.45, 7) is 19.8. The van der Waals surface area contributed by atoms with Gasteiger partial charge in [-0.25, -0.2) is 4.79 Å². The summed E-state index contributed by atoms with van der Waals surface area (Å²) in [5.74, 6) is 0.